The molecule has 0 fully saturated rings. The number of rotatable bonds is 4. The summed E-state index contributed by atoms with van der Waals surface area (Å²) in [7, 11) is 3.75. The number of nitrogens with zero attached hydrogens (tertiary/aromatic N) is 2. The minimum absolute atomic E-state index is 0.562. The minimum Gasteiger partial charge on any atom is -0.305 e. The van der Waals surface area contributed by atoms with Gasteiger partial charge >= 0.3 is 0 Å². The molecule has 2 aromatic heterocycles. The molecule has 2 heterocycles. The van der Waals surface area contributed by atoms with Crippen LogP contribution in [0.25, 0.3) is 27.7 Å². The van der Waals surface area contributed by atoms with Crippen LogP contribution in [-0.2, 0) is 6.52 Å². The largest absolute Gasteiger partial charge is 0.305 e. The molecule has 0 saturated carbocycles. The molecule has 0 amide bonds. The van der Waals surface area contributed by atoms with E-state index in [0.29, 0.717) is 5.56 Å². The number of nitrogens with one attached hydrogen (secondary N) is 1. The van der Waals surface area contributed by atoms with E-state index in [1.54, 1.807) is 0 Å². The second kappa shape index (κ2) is 5.65. The minimum atomic E-state index is -0.562. The van der Waals surface area contributed by atoms with Crippen LogP contribution in [0.4, 0.5) is 0 Å². The maximum absolute atomic E-state index is 12.0. The highest BCUT2D eigenvalue weighted by Gasteiger charge is 2.21. The maximum atomic E-state index is 12.0. The van der Waals surface area contributed by atoms with Gasteiger partial charge in [-0.25, -0.2) is 0 Å². The number of hydrogen-bond donors (Lipinski definition) is 1. The highest BCUT2D eigenvalue weighted by Crippen LogP contribution is 2.34. The average molecular weight is 318 g/mol. The smallest absolute Gasteiger partial charge is 0.154 e. The van der Waals surface area contributed by atoms with Crippen LogP contribution in [-0.4, -0.2) is 34.9 Å². The van der Waals surface area contributed by atoms with Crippen molar-refractivity contribution >= 4 is 22.7 Å². The molecule has 1 atom stereocenters. The number of H-pyrrole nitrogens is 1. The van der Waals surface area contributed by atoms with Crippen LogP contribution in [0.5, 0.6) is 0 Å². The van der Waals surface area contributed by atoms with Crippen molar-refractivity contribution in [3.63, 3.8) is 0 Å². The quantitative estimate of drug-likeness (QED) is 0.579. The number of carbonyl (C=O) groups excluding carboxylic acids is 1. The van der Waals surface area contributed by atoms with Crippen molar-refractivity contribution in [1.82, 2.24) is 14.5 Å². The SMILES string of the molecule is [2H]C(c1c2ccccc2n2[nH]c(-c3ccccc3)c(C=O)c12)N(C)C. The topological polar surface area (TPSA) is 40.5 Å². The molecule has 0 radical (unpaired) electrons. The lowest BCUT2D eigenvalue weighted by Gasteiger charge is -2.09. The van der Waals surface area contributed by atoms with Gasteiger partial charge in [-0.15, -0.1) is 0 Å². The van der Waals surface area contributed by atoms with Gasteiger partial charge in [0.2, 0.25) is 0 Å². The standard InChI is InChI=1S/C20H19N3O/c1-22(2)12-16-15-10-6-7-11-18(15)23-20(16)17(13-24)19(21-23)14-8-4-3-5-9-14/h3-11,13,21H,12H2,1-2H3/i12D. The summed E-state index contributed by atoms with van der Waals surface area (Å²) in [5, 5.41) is 4.36. The van der Waals surface area contributed by atoms with Crippen LogP contribution < -0.4 is 0 Å². The Balaban J connectivity index is 2.14. The average Bonchev–Trinajstić information content (AvgIpc) is 3.16. The first-order valence-corrected chi connectivity index (χ1v) is 7.87. The summed E-state index contributed by atoms with van der Waals surface area (Å²) in [6.07, 6.45) is 0.888. The third-order valence-electron chi connectivity index (χ3n) is 4.23. The first kappa shape index (κ1) is 13.6. The van der Waals surface area contributed by atoms with Crippen LogP contribution in [0.2, 0.25) is 0 Å². The molecule has 1 N–H and O–H groups in total. The molecule has 2 aromatic carbocycles. The van der Waals surface area contributed by atoms with Gasteiger partial charge in [0.1, 0.15) is 0 Å². The molecule has 0 aliphatic carbocycles. The lowest BCUT2D eigenvalue weighted by molar-refractivity contribution is 0.112. The van der Waals surface area contributed by atoms with Crippen molar-refractivity contribution in [3.8, 4) is 11.3 Å². The predicted molar refractivity (Wildman–Crippen MR) is 97.5 cm³/mol. The van der Waals surface area contributed by atoms with Gasteiger partial charge < -0.3 is 4.90 Å². The molecule has 0 aliphatic rings. The van der Waals surface area contributed by atoms with Crippen LogP contribution >= 0.6 is 0 Å². The normalized spacial score (nSPS) is 13.5. The zero-order valence-electron chi connectivity index (χ0n) is 14.7. The van der Waals surface area contributed by atoms with Crippen molar-refractivity contribution in [2.24, 2.45) is 0 Å². The van der Waals surface area contributed by atoms with E-state index in [0.717, 1.165) is 39.5 Å². The van der Waals surface area contributed by atoms with Gasteiger partial charge in [0.25, 0.3) is 0 Å². The maximum Gasteiger partial charge on any atom is 0.154 e. The van der Waals surface area contributed by atoms with Gasteiger partial charge in [-0.3, -0.25) is 14.4 Å². The highest BCUT2D eigenvalue weighted by atomic mass is 16.1. The predicted octanol–water partition coefficient (Wildman–Crippen LogP) is 3.96. The molecule has 4 aromatic rings. The number of hydrogen-bond acceptors (Lipinski definition) is 2. The summed E-state index contributed by atoms with van der Waals surface area (Å²) < 4.78 is 10.5. The highest BCUT2D eigenvalue weighted by molar-refractivity contribution is 6.03. The molecule has 24 heavy (non-hydrogen) atoms. The van der Waals surface area contributed by atoms with Crippen molar-refractivity contribution in [2.45, 2.75) is 6.52 Å². The van der Waals surface area contributed by atoms with Crippen LogP contribution in [0.3, 0.4) is 0 Å². The van der Waals surface area contributed by atoms with Crippen LogP contribution in [0.15, 0.2) is 54.6 Å². The number of aromatic nitrogens is 2. The van der Waals surface area contributed by atoms with E-state index in [1.165, 1.54) is 0 Å². The Hall–Kier alpha value is -2.85. The number of carbonyl (C=O) groups is 1. The van der Waals surface area contributed by atoms with Gasteiger partial charge in [-0.1, -0.05) is 48.5 Å². The molecule has 4 nitrogen and oxygen atoms in total. The van der Waals surface area contributed by atoms with E-state index >= 15 is 0 Å². The summed E-state index contributed by atoms with van der Waals surface area (Å²) in [4.78, 5) is 13.8. The van der Waals surface area contributed by atoms with Crippen molar-refractivity contribution in [3.05, 3.63) is 65.7 Å². The molecule has 4 rings (SSSR count). The Labute approximate surface area is 141 Å². The zero-order chi connectivity index (χ0) is 17.6. The van der Waals surface area contributed by atoms with Gasteiger partial charge in [0.05, 0.1) is 22.3 Å². The monoisotopic (exact) mass is 318 g/mol. The Morgan fingerprint density at radius 3 is 2.54 bits per heavy atom. The zero-order valence-corrected chi connectivity index (χ0v) is 13.7. The fraction of sp³-hybridized carbons (Fsp3) is 0.150. The molecule has 0 spiro atoms. The number of aldehydes is 1. The van der Waals surface area contributed by atoms with E-state index in [2.05, 4.69) is 5.10 Å². The van der Waals surface area contributed by atoms with Gasteiger partial charge in [-0.05, 0) is 20.2 Å². The lowest BCUT2D eigenvalue weighted by atomic mass is 10.0. The summed E-state index contributed by atoms with van der Waals surface area (Å²) in [5.41, 5.74) is 4.93. The Morgan fingerprint density at radius 2 is 1.83 bits per heavy atom. The molecular formula is C20H19N3O. The first-order valence-electron chi connectivity index (χ1n) is 8.45. The molecule has 0 aliphatic heterocycles. The van der Waals surface area contributed by atoms with Gasteiger partial charge in [-0.2, -0.15) is 0 Å². The van der Waals surface area contributed by atoms with Crippen molar-refractivity contribution < 1.29 is 6.17 Å². The number of fused-ring (bicyclic) bond motifs is 3. The van der Waals surface area contributed by atoms with E-state index in [9.17, 15) is 4.79 Å². The fourth-order valence-corrected chi connectivity index (χ4v) is 3.27. The molecule has 4 heteroatoms. The van der Waals surface area contributed by atoms with Crippen LogP contribution in [0.1, 0.15) is 17.3 Å². The Kier molecular flexibility index (Phi) is 3.20. The molecule has 1 unspecified atom stereocenters. The number of aromatic amines is 1. The summed E-state index contributed by atoms with van der Waals surface area (Å²) in [5.74, 6) is 0. The molecule has 0 bridgehead atoms. The van der Waals surface area contributed by atoms with Crippen molar-refractivity contribution in [1.29, 1.82) is 0 Å². The fourth-order valence-electron chi connectivity index (χ4n) is 3.27. The summed E-state index contributed by atoms with van der Waals surface area (Å²) in [6, 6.07) is 17.8. The second-order valence-electron chi connectivity index (χ2n) is 6.09. The lowest BCUT2D eigenvalue weighted by Crippen LogP contribution is -2.10. The van der Waals surface area contributed by atoms with E-state index < -0.39 is 6.52 Å². The van der Waals surface area contributed by atoms with E-state index in [1.807, 2.05) is 78.1 Å². The molecular weight excluding hydrogens is 298 g/mol. The molecule has 120 valence electrons. The third-order valence-corrected chi connectivity index (χ3v) is 4.23. The number of para-hydroxylation sites is 1. The number of benzene rings is 2. The van der Waals surface area contributed by atoms with Gasteiger partial charge in [0.15, 0.2) is 6.29 Å². The van der Waals surface area contributed by atoms with Crippen molar-refractivity contribution in [2.75, 3.05) is 14.1 Å². The molecule has 0 saturated heterocycles. The summed E-state index contributed by atoms with van der Waals surface area (Å²) >= 11 is 0. The Morgan fingerprint density at radius 1 is 1.12 bits per heavy atom. The van der Waals surface area contributed by atoms with Crippen LogP contribution in [0, 0.1) is 0 Å². The third kappa shape index (κ3) is 2.15. The Bertz CT molecular complexity index is 1060. The summed E-state index contributed by atoms with van der Waals surface area (Å²) in [6.45, 7) is -0.562. The van der Waals surface area contributed by atoms with E-state index in [-0.39, 0.29) is 0 Å². The van der Waals surface area contributed by atoms with E-state index in [4.69, 9.17) is 1.37 Å². The second-order valence-corrected chi connectivity index (χ2v) is 6.09. The van der Waals surface area contributed by atoms with Gasteiger partial charge in [0, 0.05) is 24.4 Å². The first-order chi connectivity index (χ1) is 12.1.